The van der Waals surface area contributed by atoms with Gasteiger partial charge in [0, 0.05) is 17.3 Å². The third-order valence-electron chi connectivity index (χ3n) is 3.33. The van der Waals surface area contributed by atoms with E-state index in [1.807, 2.05) is 19.9 Å². The van der Waals surface area contributed by atoms with Crippen LogP contribution in [-0.4, -0.2) is 16.8 Å². The molecule has 0 aliphatic heterocycles. The van der Waals surface area contributed by atoms with Crippen LogP contribution in [0.15, 0.2) is 54.6 Å². The summed E-state index contributed by atoms with van der Waals surface area (Å²) >= 11 is 0. The maximum atomic E-state index is 11.9. The van der Waals surface area contributed by atoms with Gasteiger partial charge < -0.3 is 10.4 Å². The van der Waals surface area contributed by atoms with E-state index in [9.17, 15) is 14.7 Å². The Morgan fingerprint density at radius 3 is 2.32 bits per heavy atom. The molecule has 2 rings (SSSR count). The number of hydrogen-bond donors (Lipinski definition) is 2. The Hall–Kier alpha value is -2.88. The molecule has 0 aliphatic rings. The Morgan fingerprint density at radius 1 is 1.00 bits per heavy atom. The van der Waals surface area contributed by atoms with Crippen molar-refractivity contribution in [3.8, 4) is 0 Å². The van der Waals surface area contributed by atoms with Gasteiger partial charge in [-0.2, -0.15) is 0 Å². The average molecular weight is 295 g/mol. The summed E-state index contributed by atoms with van der Waals surface area (Å²) in [6, 6.07) is 14.0. The first-order chi connectivity index (χ1) is 10.5. The number of rotatable bonds is 4. The van der Waals surface area contributed by atoms with Crippen molar-refractivity contribution < 1.29 is 14.7 Å². The number of aryl methyl sites for hydroxylation is 2. The molecule has 2 N–H and O–H groups in total. The smallest absolute Gasteiger partial charge is 0.296 e. The van der Waals surface area contributed by atoms with Gasteiger partial charge in [-0.15, -0.1) is 0 Å². The van der Waals surface area contributed by atoms with E-state index in [1.54, 1.807) is 42.5 Å². The summed E-state index contributed by atoms with van der Waals surface area (Å²) in [5.41, 5.74) is 3.16. The number of carbonyl (C=O) groups excluding carboxylic acids is 2. The van der Waals surface area contributed by atoms with Crippen LogP contribution in [0.2, 0.25) is 0 Å². The molecule has 0 unspecified atom stereocenters. The van der Waals surface area contributed by atoms with Crippen molar-refractivity contribution in [3.63, 3.8) is 0 Å². The van der Waals surface area contributed by atoms with Gasteiger partial charge in [-0.1, -0.05) is 36.4 Å². The zero-order valence-electron chi connectivity index (χ0n) is 12.5. The highest BCUT2D eigenvalue weighted by molar-refractivity contribution is 6.45. The number of hydrogen-bond acceptors (Lipinski definition) is 3. The van der Waals surface area contributed by atoms with Crippen LogP contribution in [0.4, 0.5) is 5.69 Å². The molecule has 4 heteroatoms. The van der Waals surface area contributed by atoms with Crippen molar-refractivity contribution in [1.29, 1.82) is 0 Å². The second kappa shape index (κ2) is 6.72. The van der Waals surface area contributed by atoms with Crippen LogP contribution >= 0.6 is 0 Å². The quantitative estimate of drug-likeness (QED) is 0.516. The van der Waals surface area contributed by atoms with E-state index in [0.717, 1.165) is 17.2 Å². The average Bonchev–Trinajstić information content (AvgIpc) is 2.51. The Bertz CT molecular complexity index is 733. The Kier molecular flexibility index (Phi) is 4.73. The topological polar surface area (TPSA) is 66.4 Å². The van der Waals surface area contributed by atoms with Gasteiger partial charge in [-0.25, -0.2) is 0 Å². The van der Waals surface area contributed by atoms with E-state index < -0.39 is 11.7 Å². The molecule has 1 amide bonds. The fraction of sp³-hybridized carbons (Fsp3) is 0.111. The second-order valence-corrected chi connectivity index (χ2v) is 5.01. The molecule has 0 aliphatic carbocycles. The van der Waals surface area contributed by atoms with Crippen molar-refractivity contribution >= 4 is 23.1 Å². The van der Waals surface area contributed by atoms with Gasteiger partial charge >= 0.3 is 0 Å². The van der Waals surface area contributed by atoms with Gasteiger partial charge in [0.05, 0.1) is 0 Å². The number of aliphatic hydroxyl groups is 1. The van der Waals surface area contributed by atoms with Gasteiger partial charge in [0.25, 0.3) is 5.91 Å². The molecule has 0 saturated heterocycles. The Morgan fingerprint density at radius 2 is 1.68 bits per heavy atom. The molecule has 2 aromatic carbocycles. The lowest BCUT2D eigenvalue weighted by Gasteiger charge is -2.06. The summed E-state index contributed by atoms with van der Waals surface area (Å²) in [5, 5.41) is 12.4. The van der Waals surface area contributed by atoms with Crippen molar-refractivity contribution in [3.05, 3.63) is 71.3 Å². The van der Waals surface area contributed by atoms with Crippen molar-refractivity contribution in [2.45, 2.75) is 13.8 Å². The molecule has 0 bridgehead atoms. The van der Waals surface area contributed by atoms with Gasteiger partial charge in [0.1, 0.15) is 5.76 Å². The fourth-order valence-corrected chi connectivity index (χ4v) is 1.89. The van der Waals surface area contributed by atoms with E-state index in [0.29, 0.717) is 11.3 Å². The molecule has 0 heterocycles. The fourth-order valence-electron chi connectivity index (χ4n) is 1.89. The molecule has 0 spiro atoms. The van der Waals surface area contributed by atoms with Gasteiger partial charge in [-0.05, 0) is 37.1 Å². The molecule has 0 radical (unpaired) electrons. The summed E-state index contributed by atoms with van der Waals surface area (Å²) < 4.78 is 0. The first-order valence-electron chi connectivity index (χ1n) is 6.86. The first kappa shape index (κ1) is 15.5. The number of aliphatic hydroxyl groups excluding tert-OH is 1. The number of carbonyl (C=O) groups is 2. The normalized spacial score (nSPS) is 11.1. The molecule has 0 aromatic heterocycles. The highest BCUT2D eigenvalue weighted by Crippen LogP contribution is 2.15. The number of amides is 1. The van der Waals surface area contributed by atoms with Crippen molar-refractivity contribution in [2.75, 3.05) is 5.32 Å². The molecular weight excluding hydrogens is 278 g/mol. The predicted octanol–water partition coefficient (Wildman–Crippen LogP) is 3.41. The SMILES string of the molecule is Cc1ccc(NC(=O)C(=O)/C=C(\O)c2ccccc2)cc1C. The molecule has 4 nitrogen and oxygen atoms in total. The van der Waals surface area contributed by atoms with Crippen molar-refractivity contribution in [2.24, 2.45) is 0 Å². The summed E-state index contributed by atoms with van der Waals surface area (Å²) in [4.78, 5) is 23.7. The minimum atomic E-state index is -0.806. The lowest BCUT2D eigenvalue weighted by molar-refractivity contribution is -0.131. The molecule has 2 aromatic rings. The monoisotopic (exact) mass is 295 g/mol. The van der Waals surface area contributed by atoms with E-state index >= 15 is 0 Å². The zero-order valence-corrected chi connectivity index (χ0v) is 12.5. The van der Waals surface area contributed by atoms with Crippen LogP contribution in [0.5, 0.6) is 0 Å². The number of nitrogens with one attached hydrogen (secondary N) is 1. The van der Waals surface area contributed by atoms with Crippen molar-refractivity contribution in [1.82, 2.24) is 0 Å². The Labute approximate surface area is 129 Å². The third-order valence-corrected chi connectivity index (χ3v) is 3.33. The maximum absolute atomic E-state index is 11.9. The number of anilines is 1. The molecule has 112 valence electrons. The van der Waals surface area contributed by atoms with E-state index in [1.165, 1.54) is 0 Å². The highest BCUT2D eigenvalue weighted by Gasteiger charge is 2.13. The van der Waals surface area contributed by atoms with Gasteiger partial charge in [-0.3, -0.25) is 9.59 Å². The molecule has 0 saturated carbocycles. The largest absolute Gasteiger partial charge is 0.507 e. The molecule has 22 heavy (non-hydrogen) atoms. The molecular formula is C18H17NO3. The van der Waals surface area contributed by atoms with Crippen LogP contribution in [-0.2, 0) is 9.59 Å². The van der Waals surface area contributed by atoms with Gasteiger partial charge in [0.2, 0.25) is 5.78 Å². The molecule has 0 atom stereocenters. The van der Waals surface area contributed by atoms with Crippen LogP contribution in [0.3, 0.4) is 0 Å². The summed E-state index contributed by atoms with van der Waals surface area (Å²) in [5.74, 6) is -1.83. The summed E-state index contributed by atoms with van der Waals surface area (Å²) in [6.07, 6.45) is 0.922. The Balaban J connectivity index is 2.09. The first-order valence-corrected chi connectivity index (χ1v) is 6.86. The lowest BCUT2D eigenvalue weighted by atomic mass is 10.1. The van der Waals surface area contributed by atoms with Crippen LogP contribution in [0, 0.1) is 13.8 Å². The van der Waals surface area contributed by atoms with E-state index in [2.05, 4.69) is 5.32 Å². The lowest BCUT2D eigenvalue weighted by Crippen LogP contribution is -2.21. The predicted molar refractivity (Wildman–Crippen MR) is 86.6 cm³/mol. The van der Waals surface area contributed by atoms with Crippen LogP contribution < -0.4 is 5.32 Å². The number of benzene rings is 2. The van der Waals surface area contributed by atoms with Crippen LogP contribution in [0.25, 0.3) is 5.76 Å². The summed E-state index contributed by atoms with van der Waals surface area (Å²) in [6.45, 7) is 3.89. The zero-order chi connectivity index (χ0) is 16.1. The van der Waals surface area contributed by atoms with E-state index in [4.69, 9.17) is 0 Å². The van der Waals surface area contributed by atoms with Gasteiger partial charge in [0.15, 0.2) is 0 Å². The van der Waals surface area contributed by atoms with Crippen LogP contribution in [0.1, 0.15) is 16.7 Å². The number of ketones is 1. The molecule has 0 fully saturated rings. The van der Waals surface area contributed by atoms with E-state index in [-0.39, 0.29) is 5.76 Å². The third kappa shape index (κ3) is 3.82. The standard InChI is InChI=1S/C18H17NO3/c1-12-8-9-15(10-13(12)2)19-18(22)17(21)11-16(20)14-6-4-3-5-7-14/h3-11,20H,1-2H3,(H,19,22)/b16-11-. The minimum Gasteiger partial charge on any atom is -0.507 e. The highest BCUT2D eigenvalue weighted by atomic mass is 16.3. The second-order valence-electron chi connectivity index (χ2n) is 5.01. The summed E-state index contributed by atoms with van der Waals surface area (Å²) in [7, 11) is 0. The maximum Gasteiger partial charge on any atom is 0.296 e. The minimum absolute atomic E-state index is 0.235.